The van der Waals surface area contributed by atoms with Gasteiger partial charge in [0.25, 0.3) is 0 Å². The predicted molar refractivity (Wildman–Crippen MR) is 106 cm³/mol. The van der Waals surface area contributed by atoms with Crippen LogP contribution in [-0.4, -0.2) is 67.3 Å². The van der Waals surface area contributed by atoms with Crippen molar-refractivity contribution in [2.24, 2.45) is 0 Å². The maximum atomic E-state index is 10.4. The van der Waals surface area contributed by atoms with Gasteiger partial charge in [0, 0.05) is 19.8 Å². The highest BCUT2D eigenvalue weighted by atomic mass is 16.7. The first-order valence-electron chi connectivity index (χ1n) is 11.0. The van der Waals surface area contributed by atoms with Gasteiger partial charge in [-0.1, -0.05) is 59.3 Å². The highest BCUT2D eigenvalue weighted by molar-refractivity contribution is 4.92. The standard InChI is InChI=1S/C21H42O6/c1-4-7-10-13-24-18-17(16-22)27-21(23)20(26-15-12-9-6-3)19(18)25-14-11-8-5-2/h17-23H,4-16H2,1-3H3/t17-,18-,19+,20-,21?/m1/s1. The average molecular weight is 391 g/mol. The van der Waals surface area contributed by atoms with Crippen LogP contribution in [0.25, 0.3) is 0 Å². The van der Waals surface area contributed by atoms with Crippen LogP contribution in [0, 0.1) is 0 Å². The number of aliphatic hydroxyl groups is 2. The Kier molecular flexibility index (Phi) is 14.4. The van der Waals surface area contributed by atoms with Gasteiger partial charge in [-0.2, -0.15) is 0 Å². The number of hydrogen-bond acceptors (Lipinski definition) is 6. The molecule has 0 radical (unpaired) electrons. The molecule has 0 spiro atoms. The Morgan fingerprint density at radius 2 is 1.11 bits per heavy atom. The first-order valence-corrected chi connectivity index (χ1v) is 11.0. The van der Waals surface area contributed by atoms with Crippen molar-refractivity contribution in [3.05, 3.63) is 0 Å². The molecule has 0 aromatic rings. The molecule has 1 aliphatic rings. The number of aliphatic hydroxyl groups excluding tert-OH is 2. The van der Waals surface area contributed by atoms with Crippen LogP contribution in [0.5, 0.6) is 0 Å². The number of hydrogen-bond donors (Lipinski definition) is 2. The monoisotopic (exact) mass is 390 g/mol. The summed E-state index contributed by atoms with van der Waals surface area (Å²) in [4.78, 5) is 0. The number of unbranched alkanes of at least 4 members (excludes halogenated alkanes) is 6. The Morgan fingerprint density at radius 3 is 1.56 bits per heavy atom. The lowest BCUT2D eigenvalue weighted by atomic mass is 9.98. The molecule has 0 aliphatic carbocycles. The minimum atomic E-state index is -1.12. The predicted octanol–water partition coefficient (Wildman–Crippen LogP) is 3.42. The van der Waals surface area contributed by atoms with Gasteiger partial charge in [-0.3, -0.25) is 0 Å². The first kappa shape index (κ1) is 24.8. The topological polar surface area (TPSA) is 77.4 Å². The second-order valence-corrected chi connectivity index (χ2v) is 7.38. The lowest BCUT2D eigenvalue weighted by Gasteiger charge is -2.44. The second kappa shape index (κ2) is 15.7. The van der Waals surface area contributed by atoms with Gasteiger partial charge in [-0.05, 0) is 19.3 Å². The Balaban J connectivity index is 2.75. The van der Waals surface area contributed by atoms with E-state index < -0.39 is 30.7 Å². The molecule has 0 bridgehead atoms. The minimum Gasteiger partial charge on any atom is -0.394 e. The molecule has 1 unspecified atom stereocenters. The van der Waals surface area contributed by atoms with Crippen LogP contribution in [0.15, 0.2) is 0 Å². The van der Waals surface area contributed by atoms with Gasteiger partial charge in [0.1, 0.15) is 24.4 Å². The molecule has 27 heavy (non-hydrogen) atoms. The molecule has 162 valence electrons. The summed E-state index contributed by atoms with van der Waals surface area (Å²) in [6, 6.07) is 0. The molecular weight excluding hydrogens is 348 g/mol. The lowest BCUT2D eigenvalue weighted by Crippen LogP contribution is -2.61. The van der Waals surface area contributed by atoms with Crippen LogP contribution < -0.4 is 0 Å². The zero-order valence-electron chi connectivity index (χ0n) is 17.6. The molecule has 0 saturated carbocycles. The Bertz CT molecular complexity index is 341. The second-order valence-electron chi connectivity index (χ2n) is 7.38. The van der Waals surface area contributed by atoms with E-state index in [2.05, 4.69) is 20.8 Å². The van der Waals surface area contributed by atoms with Gasteiger partial charge in [-0.15, -0.1) is 0 Å². The molecule has 0 aromatic carbocycles. The van der Waals surface area contributed by atoms with Crippen molar-refractivity contribution in [1.82, 2.24) is 0 Å². The van der Waals surface area contributed by atoms with Crippen LogP contribution in [-0.2, 0) is 18.9 Å². The fourth-order valence-electron chi connectivity index (χ4n) is 3.33. The quantitative estimate of drug-likeness (QED) is 0.393. The summed E-state index contributed by atoms with van der Waals surface area (Å²) >= 11 is 0. The SMILES string of the molecule is CCCCCO[C@H]1[C@H](OCCCCC)[C@@H](OCCCCC)C(O)O[C@@H]1CO. The van der Waals surface area contributed by atoms with Crippen LogP contribution in [0.3, 0.4) is 0 Å². The molecule has 1 saturated heterocycles. The summed E-state index contributed by atoms with van der Waals surface area (Å²) < 4.78 is 23.8. The molecule has 1 rings (SSSR count). The molecule has 1 heterocycles. The minimum absolute atomic E-state index is 0.215. The molecule has 6 heteroatoms. The fourth-order valence-corrected chi connectivity index (χ4v) is 3.33. The van der Waals surface area contributed by atoms with Gasteiger partial charge in [-0.25, -0.2) is 0 Å². The van der Waals surface area contributed by atoms with Crippen LogP contribution in [0.4, 0.5) is 0 Å². The first-order chi connectivity index (χ1) is 13.2. The van der Waals surface area contributed by atoms with E-state index in [0.717, 1.165) is 57.8 Å². The van der Waals surface area contributed by atoms with Gasteiger partial charge >= 0.3 is 0 Å². The summed E-state index contributed by atoms with van der Waals surface area (Å²) in [6.07, 6.45) is 6.29. The van der Waals surface area contributed by atoms with Crippen LogP contribution in [0.1, 0.15) is 78.6 Å². The Hall–Kier alpha value is -0.240. The van der Waals surface area contributed by atoms with E-state index in [1.807, 2.05) is 0 Å². The number of ether oxygens (including phenoxy) is 4. The van der Waals surface area contributed by atoms with Crippen molar-refractivity contribution in [1.29, 1.82) is 0 Å². The lowest BCUT2D eigenvalue weighted by molar-refractivity contribution is -0.310. The molecule has 0 amide bonds. The van der Waals surface area contributed by atoms with Gasteiger partial charge in [0.05, 0.1) is 6.61 Å². The zero-order valence-corrected chi connectivity index (χ0v) is 17.6. The van der Waals surface area contributed by atoms with Crippen LogP contribution in [0.2, 0.25) is 0 Å². The van der Waals surface area contributed by atoms with E-state index in [9.17, 15) is 10.2 Å². The van der Waals surface area contributed by atoms with Crippen molar-refractivity contribution >= 4 is 0 Å². The molecule has 1 fully saturated rings. The van der Waals surface area contributed by atoms with E-state index in [0.29, 0.717) is 19.8 Å². The maximum Gasteiger partial charge on any atom is 0.184 e. The molecule has 2 N–H and O–H groups in total. The third-order valence-corrected chi connectivity index (χ3v) is 4.96. The smallest absolute Gasteiger partial charge is 0.184 e. The third kappa shape index (κ3) is 9.20. The van der Waals surface area contributed by atoms with E-state index in [1.165, 1.54) is 0 Å². The van der Waals surface area contributed by atoms with E-state index in [4.69, 9.17) is 18.9 Å². The summed E-state index contributed by atoms with van der Waals surface area (Å²) in [5.41, 5.74) is 0. The van der Waals surface area contributed by atoms with E-state index in [-0.39, 0.29) is 6.61 Å². The molecule has 0 aromatic heterocycles. The Morgan fingerprint density at radius 1 is 0.667 bits per heavy atom. The highest BCUT2D eigenvalue weighted by Gasteiger charge is 2.47. The highest BCUT2D eigenvalue weighted by Crippen LogP contribution is 2.28. The van der Waals surface area contributed by atoms with Crippen LogP contribution >= 0.6 is 0 Å². The average Bonchev–Trinajstić information content (AvgIpc) is 2.67. The zero-order chi connectivity index (χ0) is 19.9. The van der Waals surface area contributed by atoms with Gasteiger partial charge in [0.2, 0.25) is 0 Å². The van der Waals surface area contributed by atoms with Crippen molar-refractivity contribution in [2.75, 3.05) is 26.4 Å². The van der Waals surface area contributed by atoms with Gasteiger partial charge in [0.15, 0.2) is 6.29 Å². The third-order valence-electron chi connectivity index (χ3n) is 4.96. The molecule has 5 atom stereocenters. The Labute approximate surface area is 165 Å². The van der Waals surface area contributed by atoms with Gasteiger partial charge < -0.3 is 29.2 Å². The molecular formula is C21H42O6. The van der Waals surface area contributed by atoms with Crippen molar-refractivity contribution in [3.8, 4) is 0 Å². The maximum absolute atomic E-state index is 10.4. The molecule has 6 nitrogen and oxygen atoms in total. The van der Waals surface area contributed by atoms with E-state index >= 15 is 0 Å². The number of rotatable bonds is 16. The fraction of sp³-hybridized carbons (Fsp3) is 1.00. The molecule has 1 aliphatic heterocycles. The normalized spacial score (nSPS) is 28.6. The summed E-state index contributed by atoms with van der Waals surface area (Å²) in [5.74, 6) is 0. The van der Waals surface area contributed by atoms with Crippen molar-refractivity contribution in [2.45, 2.75) is 109 Å². The van der Waals surface area contributed by atoms with Crippen molar-refractivity contribution in [3.63, 3.8) is 0 Å². The van der Waals surface area contributed by atoms with E-state index in [1.54, 1.807) is 0 Å². The van der Waals surface area contributed by atoms with Crippen molar-refractivity contribution < 1.29 is 29.2 Å². The summed E-state index contributed by atoms with van der Waals surface area (Å²) in [7, 11) is 0. The summed E-state index contributed by atoms with van der Waals surface area (Å²) in [5, 5.41) is 20.2. The summed E-state index contributed by atoms with van der Waals surface area (Å²) in [6.45, 7) is 7.96. The largest absolute Gasteiger partial charge is 0.394 e.